The summed E-state index contributed by atoms with van der Waals surface area (Å²) in [5.74, 6) is -0.283. The van der Waals surface area contributed by atoms with Gasteiger partial charge in [0.1, 0.15) is 5.75 Å². The van der Waals surface area contributed by atoms with E-state index in [0.29, 0.717) is 11.4 Å². The van der Waals surface area contributed by atoms with Gasteiger partial charge in [-0.1, -0.05) is 64.6 Å². The van der Waals surface area contributed by atoms with Crippen molar-refractivity contribution in [2.24, 2.45) is 0 Å². The summed E-state index contributed by atoms with van der Waals surface area (Å²) < 4.78 is 5.53. The molecule has 2 amide bonds. The van der Waals surface area contributed by atoms with E-state index in [4.69, 9.17) is 51.1 Å². The lowest BCUT2D eigenvalue weighted by atomic mass is 10.1. The summed E-state index contributed by atoms with van der Waals surface area (Å²) in [6.07, 6.45) is 0. The highest BCUT2D eigenvalue weighted by Gasteiger charge is 2.14. The van der Waals surface area contributed by atoms with Crippen LogP contribution in [0.25, 0.3) is 0 Å². The van der Waals surface area contributed by atoms with Gasteiger partial charge in [0.2, 0.25) is 0 Å². The lowest BCUT2D eigenvalue weighted by molar-refractivity contribution is -0.118. The molecular weight excluding hydrogens is 482 g/mol. The van der Waals surface area contributed by atoms with Crippen LogP contribution in [0.5, 0.6) is 5.75 Å². The van der Waals surface area contributed by atoms with Gasteiger partial charge in [0.15, 0.2) is 6.61 Å². The molecule has 3 aromatic rings. The van der Waals surface area contributed by atoms with Crippen molar-refractivity contribution in [1.29, 1.82) is 0 Å². The maximum absolute atomic E-state index is 12.6. The zero-order valence-corrected chi connectivity index (χ0v) is 19.2. The van der Waals surface area contributed by atoms with Gasteiger partial charge in [-0.3, -0.25) is 9.59 Å². The number of amides is 2. The fraction of sp³-hybridized carbons (Fsp3) is 0.0909. The Morgan fingerprint density at radius 2 is 1.48 bits per heavy atom. The van der Waals surface area contributed by atoms with E-state index in [9.17, 15) is 9.59 Å². The molecule has 0 aromatic heterocycles. The van der Waals surface area contributed by atoms with Crippen LogP contribution in [0.1, 0.15) is 15.9 Å². The quantitative estimate of drug-likeness (QED) is 0.365. The van der Waals surface area contributed by atoms with Crippen LogP contribution >= 0.6 is 46.4 Å². The van der Waals surface area contributed by atoms with Gasteiger partial charge in [0.05, 0.1) is 31.5 Å². The van der Waals surface area contributed by atoms with Crippen LogP contribution in [-0.4, -0.2) is 18.4 Å². The Bertz CT molecular complexity index is 1150. The molecule has 5 nitrogen and oxygen atoms in total. The maximum Gasteiger partial charge on any atom is 0.262 e. The van der Waals surface area contributed by atoms with Crippen LogP contribution in [0, 0.1) is 6.92 Å². The lowest BCUT2D eigenvalue weighted by Gasteiger charge is -2.12. The van der Waals surface area contributed by atoms with Gasteiger partial charge in [0.25, 0.3) is 11.8 Å². The van der Waals surface area contributed by atoms with Crippen molar-refractivity contribution in [1.82, 2.24) is 0 Å². The van der Waals surface area contributed by atoms with Crippen molar-refractivity contribution < 1.29 is 14.3 Å². The average molecular weight is 498 g/mol. The third kappa shape index (κ3) is 6.05. The molecular formula is C22H16Cl4N2O3. The molecule has 0 radical (unpaired) electrons. The highest BCUT2D eigenvalue weighted by atomic mass is 35.5. The SMILES string of the molecule is Cc1ccccc1OCC(=O)Nc1cc(C(=O)Nc2cc(Cl)c(Cl)cc2Cl)ccc1Cl. The number of anilines is 2. The molecule has 0 saturated heterocycles. The molecule has 3 aromatic carbocycles. The van der Waals surface area contributed by atoms with E-state index in [1.54, 1.807) is 6.07 Å². The normalized spacial score (nSPS) is 10.5. The lowest BCUT2D eigenvalue weighted by Crippen LogP contribution is -2.21. The van der Waals surface area contributed by atoms with E-state index in [-0.39, 0.29) is 37.9 Å². The number of carbonyl (C=O) groups is 2. The fourth-order valence-corrected chi connectivity index (χ4v) is 3.38. The first-order chi connectivity index (χ1) is 14.7. The summed E-state index contributed by atoms with van der Waals surface area (Å²) in [5.41, 5.74) is 1.73. The van der Waals surface area contributed by atoms with Crippen LogP contribution < -0.4 is 15.4 Å². The number of aryl methyl sites for hydroxylation is 1. The third-order valence-electron chi connectivity index (χ3n) is 4.21. The monoisotopic (exact) mass is 496 g/mol. The van der Waals surface area contributed by atoms with Crippen molar-refractivity contribution in [2.75, 3.05) is 17.2 Å². The van der Waals surface area contributed by atoms with E-state index >= 15 is 0 Å². The second kappa shape index (κ2) is 10.2. The molecule has 0 saturated carbocycles. The minimum absolute atomic E-state index is 0.212. The second-order valence-corrected chi connectivity index (χ2v) is 8.13. The molecule has 0 spiro atoms. The number of halogens is 4. The zero-order valence-electron chi connectivity index (χ0n) is 16.1. The first-order valence-electron chi connectivity index (χ1n) is 8.98. The van der Waals surface area contributed by atoms with E-state index in [1.807, 2.05) is 25.1 Å². The number of ether oxygens (including phenoxy) is 1. The summed E-state index contributed by atoms with van der Waals surface area (Å²) in [4.78, 5) is 24.9. The molecule has 0 bridgehead atoms. The number of rotatable bonds is 6. The predicted octanol–water partition coefficient (Wildman–Crippen LogP) is 6.88. The van der Waals surface area contributed by atoms with Crippen LogP contribution in [-0.2, 0) is 4.79 Å². The van der Waals surface area contributed by atoms with Gasteiger partial charge in [-0.25, -0.2) is 0 Å². The summed E-state index contributed by atoms with van der Waals surface area (Å²) in [6.45, 7) is 1.67. The number of hydrogen-bond donors (Lipinski definition) is 2. The topological polar surface area (TPSA) is 67.4 Å². The summed E-state index contributed by atoms with van der Waals surface area (Å²) in [7, 11) is 0. The van der Waals surface area contributed by atoms with Gasteiger partial charge in [0, 0.05) is 5.56 Å². The van der Waals surface area contributed by atoms with Gasteiger partial charge in [-0.05, 0) is 48.9 Å². The summed E-state index contributed by atoms with van der Waals surface area (Å²) in [6, 6.07) is 14.7. The smallest absolute Gasteiger partial charge is 0.262 e. The molecule has 0 aliphatic carbocycles. The van der Waals surface area contributed by atoms with Crippen molar-refractivity contribution >= 4 is 69.6 Å². The standard InChI is InChI=1S/C22H16Cl4N2O3/c1-12-4-2-3-5-20(12)31-11-21(29)27-18-8-13(6-7-14(18)23)22(30)28-19-10-16(25)15(24)9-17(19)26/h2-10H,11H2,1H3,(H,27,29)(H,28,30). The largest absolute Gasteiger partial charge is 0.483 e. The van der Waals surface area contributed by atoms with Crippen molar-refractivity contribution in [3.8, 4) is 5.75 Å². The molecule has 0 aliphatic heterocycles. The van der Waals surface area contributed by atoms with E-state index in [1.165, 1.54) is 30.3 Å². The molecule has 31 heavy (non-hydrogen) atoms. The Kier molecular flexibility index (Phi) is 7.68. The van der Waals surface area contributed by atoms with Crippen LogP contribution in [0.4, 0.5) is 11.4 Å². The minimum atomic E-state index is -0.469. The minimum Gasteiger partial charge on any atom is -0.483 e. The Hall–Kier alpha value is -2.44. The van der Waals surface area contributed by atoms with Crippen LogP contribution in [0.15, 0.2) is 54.6 Å². The van der Waals surface area contributed by atoms with Crippen molar-refractivity contribution in [3.05, 3.63) is 85.8 Å². The van der Waals surface area contributed by atoms with E-state index < -0.39 is 11.8 Å². The molecule has 0 aliphatic rings. The van der Waals surface area contributed by atoms with Gasteiger partial charge >= 0.3 is 0 Å². The molecule has 0 heterocycles. The molecule has 0 atom stereocenters. The number of para-hydroxylation sites is 1. The number of benzene rings is 3. The number of nitrogens with one attached hydrogen (secondary N) is 2. The highest BCUT2D eigenvalue weighted by molar-refractivity contribution is 6.44. The molecule has 160 valence electrons. The third-order valence-corrected chi connectivity index (χ3v) is 5.58. The highest BCUT2D eigenvalue weighted by Crippen LogP contribution is 2.33. The first-order valence-corrected chi connectivity index (χ1v) is 10.5. The summed E-state index contributed by atoms with van der Waals surface area (Å²) >= 11 is 24.2. The maximum atomic E-state index is 12.6. The van der Waals surface area contributed by atoms with Gasteiger partial charge < -0.3 is 15.4 Å². The van der Waals surface area contributed by atoms with Crippen molar-refractivity contribution in [2.45, 2.75) is 6.92 Å². The number of carbonyl (C=O) groups excluding carboxylic acids is 2. The van der Waals surface area contributed by atoms with E-state index in [2.05, 4.69) is 10.6 Å². The Morgan fingerprint density at radius 1 is 0.806 bits per heavy atom. The zero-order chi connectivity index (χ0) is 22.5. The van der Waals surface area contributed by atoms with Crippen molar-refractivity contribution in [3.63, 3.8) is 0 Å². The average Bonchev–Trinajstić information content (AvgIpc) is 2.73. The number of hydrogen-bond acceptors (Lipinski definition) is 3. The second-order valence-electron chi connectivity index (χ2n) is 6.50. The van der Waals surface area contributed by atoms with Crippen LogP contribution in [0.2, 0.25) is 20.1 Å². The van der Waals surface area contributed by atoms with E-state index in [0.717, 1.165) is 5.56 Å². The predicted molar refractivity (Wildman–Crippen MR) is 126 cm³/mol. The molecule has 0 fully saturated rings. The Labute approximate surface area is 199 Å². The molecule has 9 heteroatoms. The Balaban J connectivity index is 1.69. The summed E-state index contributed by atoms with van der Waals surface area (Å²) in [5, 5.41) is 6.33. The molecule has 2 N–H and O–H groups in total. The molecule has 0 unspecified atom stereocenters. The first kappa shape index (κ1) is 23.2. The Morgan fingerprint density at radius 3 is 2.23 bits per heavy atom. The van der Waals surface area contributed by atoms with Gasteiger partial charge in [-0.2, -0.15) is 0 Å². The molecule has 3 rings (SSSR count). The fourth-order valence-electron chi connectivity index (χ4n) is 2.62. The van der Waals surface area contributed by atoms with Crippen LogP contribution in [0.3, 0.4) is 0 Å². The van der Waals surface area contributed by atoms with Gasteiger partial charge in [-0.15, -0.1) is 0 Å².